The number of nitrogens with zero attached hydrogens (tertiary/aromatic N) is 1. The fourth-order valence-corrected chi connectivity index (χ4v) is 1.24. The number of oxime groups is 1. The second kappa shape index (κ2) is 7.44. The van der Waals surface area contributed by atoms with E-state index in [1.807, 2.05) is 31.2 Å². The molecule has 0 bridgehead atoms. The van der Waals surface area contributed by atoms with Crippen LogP contribution in [0.2, 0.25) is 0 Å². The zero-order valence-corrected chi connectivity index (χ0v) is 10.2. The van der Waals surface area contributed by atoms with Crippen molar-refractivity contribution in [3.8, 4) is 0 Å². The van der Waals surface area contributed by atoms with Crippen LogP contribution in [-0.2, 0) is 14.4 Å². The van der Waals surface area contributed by atoms with E-state index in [2.05, 4.69) is 5.16 Å². The Morgan fingerprint density at radius 3 is 2.88 bits per heavy atom. The molecule has 17 heavy (non-hydrogen) atoms. The monoisotopic (exact) mass is 235 g/mol. The number of aryl methyl sites for hydroxylation is 1. The Bertz CT molecular complexity index is 388. The van der Waals surface area contributed by atoms with Crippen LogP contribution in [0.15, 0.2) is 29.4 Å². The normalized spacial score (nSPS) is 10.5. The second-order valence-corrected chi connectivity index (χ2v) is 3.48. The Hall–Kier alpha value is -1.84. The van der Waals surface area contributed by atoms with Gasteiger partial charge in [0.25, 0.3) is 0 Å². The molecule has 1 aromatic carbocycles. The van der Waals surface area contributed by atoms with Crippen LogP contribution in [0.25, 0.3) is 0 Å². The molecule has 4 heteroatoms. The number of hydrogen-bond acceptors (Lipinski definition) is 4. The number of ether oxygens (including phenoxy) is 1. The molecule has 0 unspecified atom stereocenters. The van der Waals surface area contributed by atoms with E-state index in [0.29, 0.717) is 6.61 Å². The van der Waals surface area contributed by atoms with Crippen molar-refractivity contribution in [1.29, 1.82) is 0 Å². The van der Waals surface area contributed by atoms with Crippen molar-refractivity contribution in [3.05, 3.63) is 35.4 Å². The predicted octanol–water partition coefficient (Wildman–Crippen LogP) is 2.30. The summed E-state index contributed by atoms with van der Waals surface area (Å²) in [6.45, 7) is 4.40. The van der Waals surface area contributed by atoms with Gasteiger partial charge in [-0.05, 0) is 25.0 Å². The maximum Gasteiger partial charge on any atom is 0.309 e. The van der Waals surface area contributed by atoms with Gasteiger partial charge in [-0.25, -0.2) is 0 Å². The molecule has 4 nitrogen and oxygen atoms in total. The Balaban J connectivity index is 2.27. The van der Waals surface area contributed by atoms with E-state index in [0.717, 1.165) is 11.1 Å². The Morgan fingerprint density at radius 1 is 1.41 bits per heavy atom. The van der Waals surface area contributed by atoms with Crippen LogP contribution in [-0.4, -0.2) is 25.4 Å². The van der Waals surface area contributed by atoms with Gasteiger partial charge in [-0.15, -0.1) is 0 Å². The van der Waals surface area contributed by atoms with E-state index in [4.69, 9.17) is 9.57 Å². The molecule has 0 radical (unpaired) electrons. The van der Waals surface area contributed by atoms with Gasteiger partial charge in [0, 0.05) is 0 Å². The lowest BCUT2D eigenvalue weighted by Crippen LogP contribution is -2.06. The van der Waals surface area contributed by atoms with Gasteiger partial charge < -0.3 is 9.57 Å². The van der Waals surface area contributed by atoms with Gasteiger partial charge in [0.05, 0.1) is 19.2 Å². The number of rotatable bonds is 6. The number of carbonyl (C=O) groups is 1. The molecule has 92 valence electrons. The van der Waals surface area contributed by atoms with Gasteiger partial charge in [-0.3, -0.25) is 4.79 Å². The summed E-state index contributed by atoms with van der Waals surface area (Å²) in [7, 11) is 0. The summed E-state index contributed by atoms with van der Waals surface area (Å²) in [6, 6.07) is 7.86. The van der Waals surface area contributed by atoms with Gasteiger partial charge in [0.15, 0.2) is 0 Å². The number of hydrogen-bond donors (Lipinski definition) is 0. The molecule has 1 aromatic rings. The molecular formula is C13H17NO3. The van der Waals surface area contributed by atoms with Gasteiger partial charge >= 0.3 is 5.97 Å². The van der Waals surface area contributed by atoms with Crippen molar-refractivity contribution < 1.29 is 14.4 Å². The van der Waals surface area contributed by atoms with E-state index >= 15 is 0 Å². The Labute approximate surface area is 101 Å². The predicted molar refractivity (Wildman–Crippen MR) is 66.0 cm³/mol. The summed E-state index contributed by atoms with van der Waals surface area (Å²) < 4.78 is 4.76. The highest BCUT2D eigenvalue weighted by molar-refractivity contribution is 5.81. The van der Waals surface area contributed by atoms with Crippen molar-refractivity contribution in [1.82, 2.24) is 0 Å². The molecular weight excluding hydrogens is 218 g/mol. The Kier molecular flexibility index (Phi) is 5.79. The maximum atomic E-state index is 11.0. The van der Waals surface area contributed by atoms with Gasteiger partial charge in [0.2, 0.25) is 0 Å². The molecule has 0 atom stereocenters. The topological polar surface area (TPSA) is 47.9 Å². The smallest absolute Gasteiger partial charge is 0.309 e. The lowest BCUT2D eigenvalue weighted by molar-refractivity contribution is -0.144. The van der Waals surface area contributed by atoms with Gasteiger partial charge in [0.1, 0.15) is 6.61 Å². The fraction of sp³-hybridized carbons (Fsp3) is 0.385. The van der Waals surface area contributed by atoms with E-state index < -0.39 is 0 Å². The highest BCUT2D eigenvalue weighted by Gasteiger charge is 2.00. The Morgan fingerprint density at radius 2 is 2.18 bits per heavy atom. The summed E-state index contributed by atoms with van der Waals surface area (Å²) in [6.07, 6.45) is 1.86. The van der Waals surface area contributed by atoms with Crippen LogP contribution in [0.5, 0.6) is 0 Å². The van der Waals surface area contributed by atoms with Gasteiger partial charge in [-0.2, -0.15) is 0 Å². The van der Waals surface area contributed by atoms with Crippen LogP contribution in [0, 0.1) is 6.92 Å². The molecule has 0 saturated heterocycles. The molecule has 0 spiro atoms. The molecule has 0 aromatic heterocycles. The van der Waals surface area contributed by atoms with Crippen molar-refractivity contribution >= 4 is 12.2 Å². The maximum absolute atomic E-state index is 11.0. The van der Waals surface area contributed by atoms with Crippen LogP contribution < -0.4 is 0 Å². The second-order valence-electron chi connectivity index (χ2n) is 3.48. The van der Waals surface area contributed by atoms with Crippen molar-refractivity contribution in [2.75, 3.05) is 13.2 Å². The standard InChI is InChI=1S/C13H17NO3/c1-3-16-13(15)8-9-17-14-10-12-7-5-4-6-11(12)2/h4-7,10H,3,8-9H2,1-2H3/b14-10+. The third-order valence-electron chi connectivity index (χ3n) is 2.16. The average molecular weight is 235 g/mol. The molecule has 0 N–H and O–H groups in total. The zero-order valence-electron chi connectivity index (χ0n) is 10.2. The molecule has 0 aliphatic rings. The first kappa shape index (κ1) is 13.2. The minimum Gasteiger partial charge on any atom is -0.466 e. The highest BCUT2D eigenvalue weighted by atomic mass is 16.6. The third-order valence-corrected chi connectivity index (χ3v) is 2.16. The molecule has 0 heterocycles. The first-order chi connectivity index (χ1) is 8.24. The minimum atomic E-state index is -0.265. The van der Waals surface area contributed by atoms with Crippen LogP contribution in [0.4, 0.5) is 0 Å². The summed E-state index contributed by atoms with van der Waals surface area (Å²) in [4.78, 5) is 16.0. The van der Waals surface area contributed by atoms with E-state index in [1.165, 1.54) is 0 Å². The van der Waals surface area contributed by atoms with E-state index in [-0.39, 0.29) is 19.0 Å². The van der Waals surface area contributed by atoms with Crippen molar-refractivity contribution in [2.24, 2.45) is 5.16 Å². The number of carbonyl (C=O) groups excluding carboxylic acids is 1. The van der Waals surface area contributed by atoms with Crippen LogP contribution in [0.1, 0.15) is 24.5 Å². The summed E-state index contributed by atoms with van der Waals surface area (Å²) in [5, 5.41) is 3.80. The van der Waals surface area contributed by atoms with Crippen molar-refractivity contribution in [3.63, 3.8) is 0 Å². The lowest BCUT2D eigenvalue weighted by atomic mass is 10.1. The van der Waals surface area contributed by atoms with E-state index in [9.17, 15) is 4.79 Å². The molecule has 0 saturated carbocycles. The molecule has 0 aliphatic heterocycles. The van der Waals surface area contributed by atoms with Crippen molar-refractivity contribution in [2.45, 2.75) is 20.3 Å². The van der Waals surface area contributed by atoms with Crippen LogP contribution in [0.3, 0.4) is 0 Å². The number of benzene rings is 1. The molecule has 0 amide bonds. The summed E-state index contributed by atoms with van der Waals surface area (Å²) in [5.41, 5.74) is 2.13. The minimum absolute atomic E-state index is 0.221. The molecule has 0 fully saturated rings. The quantitative estimate of drug-likeness (QED) is 0.329. The lowest BCUT2D eigenvalue weighted by Gasteiger charge is -2.01. The zero-order chi connectivity index (χ0) is 12.5. The highest BCUT2D eigenvalue weighted by Crippen LogP contribution is 2.03. The SMILES string of the molecule is CCOC(=O)CCO/N=C/c1ccccc1C. The third kappa shape index (κ3) is 5.15. The average Bonchev–Trinajstić information content (AvgIpc) is 2.31. The van der Waals surface area contributed by atoms with Crippen LogP contribution >= 0.6 is 0 Å². The number of esters is 1. The summed E-state index contributed by atoms with van der Waals surface area (Å²) in [5.74, 6) is -0.265. The first-order valence-corrected chi connectivity index (χ1v) is 5.60. The largest absolute Gasteiger partial charge is 0.466 e. The molecule has 1 rings (SSSR count). The summed E-state index contributed by atoms with van der Waals surface area (Å²) >= 11 is 0. The first-order valence-electron chi connectivity index (χ1n) is 5.60. The fourth-order valence-electron chi connectivity index (χ4n) is 1.24. The van der Waals surface area contributed by atoms with Gasteiger partial charge in [-0.1, -0.05) is 29.4 Å². The van der Waals surface area contributed by atoms with E-state index in [1.54, 1.807) is 13.1 Å². The molecule has 0 aliphatic carbocycles.